The van der Waals surface area contributed by atoms with Gasteiger partial charge >= 0.3 is 12.1 Å². The molecule has 0 aliphatic heterocycles. The molecule has 1 atom stereocenters. The molecular formula is C28H28N2O5. The normalized spacial score (nSPS) is 12.8. The Bertz CT molecular complexity index is 1180. The Hall–Kier alpha value is -4.13. The molecule has 7 nitrogen and oxygen atoms in total. The minimum atomic E-state index is -1.05. The van der Waals surface area contributed by atoms with Crippen LogP contribution in [0.25, 0.3) is 11.1 Å². The van der Waals surface area contributed by atoms with Gasteiger partial charge in [0.1, 0.15) is 12.6 Å². The van der Waals surface area contributed by atoms with Gasteiger partial charge in [-0.05, 0) is 46.4 Å². The van der Waals surface area contributed by atoms with Crippen molar-refractivity contribution in [2.24, 2.45) is 0 Å². The Balaban J connectivity index is 1.30. The minimum absolute atomic E-state index is 0.00622. The molecule has 35 heavy (non-hydrogen) atoms. The molecule has 0 saturated carbocycles. The summed E-state index contributed by atoms with van der Waals surface area (Å²) in [7, 11) is 0. The number of carbonyl (C=O) groups is 3. The largest absolute Gasteiger partial charge is 0.480 e. The van der Waals surface area contributed by atoms with Crippen molar-refractivity contribution in [2.45, 2.75) is 38.3 Å². The summed E-state index contributed by atoms with van der Waals surface area (Å²) >= 11 is 0. The number of nitrogens with one attached hydrogen (secondary N) is 2. The van der Waals surface area contributed by atoms with Crippen molar-refractivity contribution in [2.75, 3.05) is 6.61 Å². The van der Waals surface area contributed by atoms with E-state index in [0.29, 0.717) is 18.4 Å². The monoisotopic (exact) mass is 472 g/mol. The third-order valence-electron chi connectivity index (χ3n) is 6.18. The number of benzene rings is 3. The van der Waals surface area contributed by atoms with Gasteiger partial charge in [-0.1, -0.05) is 74.0 Å². The van der Waals surface area contributed by atoms with Gasteiger partial charge in [-0.3, -0.25) is 4.79 Å². The van der Waals surface area contributed by atoms with E-state index in [2.05, 4.69) is 34.9 Å². The number of carboxylic acids is 1. The van der Waals surface area contributed by atoms with Crippen molar-refractivity contribution in [1.29, 1.82) is 0 Å². The van der Waals surface area contributed by atoms with Gasteiger partial charge in [0.05, 0.1) is 0 Å². The molecule has 1 aliphatic carbocycles. The average molecular weight is 473 g/mol. The molecule has 3 N–H and O–H groups in total. The fourth-order valence-corrected chi connectivity index (χ4v) is 4.39. The third-order valence-corrected chi connectivity index (χ3v) is 6.18. The van der Waals surface area contributed by atoms with Crippen molar-refractivity contribution >= 4 is 18.0 Å². The van der Waals surface area contributed by atoms with Crippen molar-refractivity contribution in [1.82, 2.24) is 10.6 Å². The summed E-state index contributed by atoms with van der Waals surface area (Å²) in [6.45, 7) is 2.34. The number of alkyl carbamates (subject to hydrolysis) is 1. The first kappa shape index (κ1) is 24.0. The van der Waals surface area contributed by atoms with Gasteiger partial charge in [0, 0.05) is 18.0 Å². The summed E-state index contributed by atoms with van der Waals surface area (Å²) in [5.41, 5.74) is 5.80. The van der Waals surface area contributed by atoms with Crippen LogP contribution in [0, 0.1) is 0 Å². The summed E-state index contributed by atoms with van der Waals surface area (Å²) in [6.07, 6.45) is 0.499. The van der Waals surface area contributed by atoms with Crippen molar-refractivity contribution < 1.29 is 24.2 Å². The molecule has 0 aromatic heterocycles. The maximum atomic E-state index is 12.4. The molecule has 0 fully saturated rings. The predicted octanol–water partition coefficient (Wildman–Crippen LogP) is 4.71. The zero-order valence-corrected chi connectivity index (χ0v) is 19.5. The fraction of sp³-hybridized carbons (Fsp3) is 0.250. The molecule has 3 aromatic carbocycles. The van der Waals surface area contributed by atoms with E-state index >= 15 is 0 Å². The first-order chi connectivity index (χ1) is 17.0. The summed E-state index contributed by atoms with van der Waals surface area (Å²) in [4.78, 5) is 36.0. The molecule has 0 saturated heterocycles. The van der Waals surface area contributed by atoms with E-state index in [1.165, 1.54) is 11.1 Å². The Morgan fingerprint density at radius 3 is 2.09 bits per heavy atom. The second-order valence-corrected chi connectivity index (χ2v) is 8.53. The van der Waals surface area contributed by atoms with E-state index in [1.54, 1.807) is 24.3 Å². The van der Waals surface area contributed by atoms with E-state index in [9.17, 15) is 19.5 Å². The molecular weight excluding hydrogens is 444 g/mol. The number of amides is 2. The molecule has 3 aromatic rings. The van der Waals surface area contributed by atoms with Crippen molar-refractivity contribution in [3.05, 3.63) is 95.1 Å². The van der Waals surface area contributed by atoms with Crippen LogP contribution in [0.15, 0.2) is 72.8 Å². The number of aliphatic carboxylic acids is 1. The van der Waals surface area contributed by atoms with Gasteiger partial charge in [-0.2, -0.15) is 0 Å². The molecule has 0 bridgehead atoms. The molecule has 7 heteroatoms. The second-order valence-electron chi connectivity index (χ2n) is 8.53. The second kappa shape index (κ2) is 10.9. The predicted molar refractivity (Wildman–Crippen MR) is 132 cm³/mol. The number of carbonyl (C=O) groups excluding carboxylic acids is 2. The number of rotatable bonds is 9. The highest BCUT2D eigenvalue weighted by atomic mass is 16.5. The molecule has 4 rings (SSSR count). The smallest absolute Gasteiger partial charge is 0.407 e. The first-order valence-electron chi connectivity index (χ1n) is 11.7. The van der Waals surface area contributed by atoms with Crippen LogP contribution in [0.3, 0.4) is 0 Å². The highest BCUT2D eigenvalue weighted by Gasteiger charge is 2.29. The number of hydrogen-bond acceptors (Lipinski definition) is 4. The average Bonchev–Trinajstić information content (AvgIpc) is 3.20. The maximum absolute atomic E-state index is 12.4. The minimum Gasteiger partial charge on any atom is -0.480 e. The Labute approximate surface area is 204 Å². The van der Waals surface area contributed by atoms with Crippen LogP contribution in [0.2, 0.25) is 0 Å². The zero-order chi connectivity index (χ0) is 24.8. The quantitative estimate of drug-likeness (QED) is 0.418. The van der Waals surface area contributed by atoms with Gasteiger partial charge in [0.15, 0.2) is 0 Å². The molecule has 1 aliphatic rings. The van der Waals surface area contributed by atoms with Crippen LogP contribution in [0.4, 0.5) is 4.79 Å². The van der Waals surface area contributed by atoms with Crippen LogP contribution in [-0.4, -0.2) is 35.7 Å². The summed E-state index contributed by atoms with van der Waals surface area (Å²) in [5, 5.41) is 14.5. The van der Waals surface area contributed by atoms with Gasteiger partial charge in [0.25, 0.3) is 5.91 Å². The molecule has 1 unspecified atom stereocenters. The summed E-state index contributed by atoms with van der Waals surface area (Å²) < 4.78 is 5.54. The third kappa shape index (κ3) is 5.51. The van der Waals surface area contributed by atoms with Crippen molar-refractivity contribution in [3.8, 4) is 11.1 Å². The molecule has 0 radical (unpaired) electrons. The first-order valence-corrected chi connectivity index (χ1v) is 11.7. The fourth-order valence-electron chi connectivity index (χ4n) is 4.39. The van der Waals surface area contributed by atoms with E-state index in [4.69, 9.17) is 4.74 Å². The highest BCUT2D eigenvalue weighted by molar-refractivity contribution is 5.96. The lowest BCUT2D eigenvalue weighted by molar-refractivity contribution is -0.139. The standard InChI is InChI=1S/C28H28N2O5/c1-2-7-25(27(32)33)30-26(31)19-14-12-18(13-15-19)16-29-28(34)35-17-24-22-10-5-3-8-20(22)21-9-4-6-11-23(21)24/h3-6,8-15,24-25H,2,7,16-17H2,1H3,(H,29,34)(H,30,31)(H,32,33). The molecule has 180 valence electrons. The lowest BCUT2D eigenvalue weighted by Crippen LogP contribution is -2.40. The highest BCUT2D eigenvalue weighted by Crippen LogP contribution is 2.44. The van der Waals surface area contributed by atoms with E-state index in [-0.39, 0.29) is 19.1 Å². The van der Waals surface area contributed by atoms with Crippen molar-refractivity contribution in [3.63, 3.8) is 0 Å². The van der Waals surface area contributed by atoms with Gasteiger partial charge in [-0.15, -0.1) is 0 Å². The van der Waals surface area contributed by atoms with Gasteiger partial charge in [0.2, 0.25) is 0 Å². The summed E-state index contributed by atoms with van der Waals surface area (Å²) in [6, 6.07) is 22.1. The maximum Gasteiger partial charge on any atom is 0.407 e. The summed E-state index contributed by atoms with van der Waals surface area (Å²) in [5.74, 6) is -1.50. The van der Waals surface area contributed by atoms with E-state index in [0.717, 1.165) is 16.7 Å². The Morgan fingerprint density at radius 2 is 1.51 bits per heavy atom. The van der Waals surface area contributed by atoms with Gasteiger partial charge < -0.3 is 20.5 Å². The number of fused-ring (bicyclic) bond motifs is 3. The lowest BCUT2D eigenvalue weighted by Gasteiger charge is -2.15. The number of hydrogen-bond donors (Lipinski definition) is 3. The van der Waals surface area contributed by atoms with Crippen LogP contribution < -0.4 is 10.6 Å². The van der Waals surface area contributed by atoms with Crippen LogP contribution >= 0.6 is 0 Å². The lowest BCUT2D eigenvalue weighted by atomic mass is 9.98. The number of ether oxygens (including phenoxy) is 1. The van der Waals surface area contributed by atoms with Crippen LogP contribution in [0.5, 0.6) is 0 Å². The van der Waals surface area contributed by atoms with Gasteiger partial charge in [-0.25, -0.2) is 9.59 Å². The molecule has 0 spiro atoms. The Morgan fingerprint density at radius 1 is 0.914 bits per heavy atom. The van der Waals surface area contributed by atoms with E-state index < -0.39 is 24.0 Å². The van der Waals surface area contributed by atoms with Crippen LogP contribution in [0.1, 0.15) is 52.7 Å². The molecule has 2 amide bonds. The number of carboxylic acid groups (broad SMARTS) is 1. The topological polar surface area (TPSA) is 105 Å². The SMILES string of the molecule is CCCC(NC(=O)c1ccc(CNC(=O)OCC2c3ccccc3-c3ccccc32)cc1)C(=O)O. The molecule has 0 heterocycles. The zero-order valence-electron chi connectivity index (χ0n) is 19.5. The van der Waals surface area contributed by atoms with E-state index in [1.807, 2.05) is 31.2 Å². The van der Waals surface area contributed by atoms with Crippen LogP contribution in [-0.2, 0) is 16.1 Å². The Kier molecular flexibility index (Phi) is 7.45.